The summed E-state index contributed by atoms with van der Waals surface area (Å²) in [6, 6.07) is 25.5. The predicted octanol–water partition coefficient (Wildman–Crippen LogP) is 7.65. The Morgan fingerprint density at radius 1 is 0.761 bits per heavy atom. The molecule has 0 aliphatic rings. The van der Waals surface area contributed by atoms with Crippen LogP contribution in [0.1, 0.15) is 72.9 Å². The van der Waals surface area contributed by atoms with Crippen LogP contribution in [0.3, 0.4) is 0 Å². The summed E-state index contributed by atoms with van der Waals surface area (Å²) in [5.74, 6) is -0.159. The van der Waals surface area contributed by atoms with E-state index < -0.39 is 0 Å². The van der Waals surface area contributed by atoms with Gasteiger partial charge in [0.1, 0.15) is 5.82 Å². The van der Waals surface area contributed by atoms with E-state index in [9.17, 15) is 9.59 Å². The summed E-state index contributed by atoms with van der Waals surface area (Å²) in [6.07, 6.45) is 5.26. The highest BCUT2D eigenvalue weighted by Crippen LogP contribution is 2.16. The first-order valence-corrected chi connectivity index (χ1v) is 15.4. The summed E-state index contributed by atoms with van der Waals surface area (Å²) in [4.78, 5) is 34.1. The second-order valence-electron chi connectivity index (χ2n) is 10.4. The molecule has 0 bridgehead atoms. The van der Waals surface area contributed by atoms with Crippen LogP contribution in [0.2, 0.25) is 0 Å². The van der Waals surface area contributed by atoms with Crippen molar-refractivity contribution in [2.45, 2.75) is 46.5 Å². The standard InChI is InChI=1S/C36H40N6O4/c1-5-7-24-45-34(43)28-14-18-30(19-15-28)39-27(4)40-36(41-31-20-16-29(17-21-31)35(44)46-25-8-6-2)38-26(3)33-22-23-37-42(33)32-12-10-9-11-13-32/h9-23,39H,4-8,24-25H2,1-3H3,(H,40,41)/b38-26+. The molecule has 0 aliphatic carbocycles. The number of unbranched alkanes of at least 4 members (excludes halogenated alkanes) is 2. The van der Waals surface area contributed by atoms with Gasteiger partial charge in [-0.15, -0.1) is 0 Å². The number of esters is 2. The smallest absolute Gasteiger partial charge is 0.338 e. The normalized spacial score (nSPS) is 11.5. The zero-order valence-corrected chi connectivity index (χ0v) is 26.5. The van der Waals surface area contributed by atoms with Crippen molar-refractivity contribution in [2.24, 2.45) is 9.98 Å². The van der Waals surface area contributed by atoms with E-state index in [1.54, 1.807) is 59.4 Å². The van der Waals surface area contributed by atoms with Crippen molar-refractivity contribution in [3.05, 3.63) is 120 Å². The molecule has 4 rings (SSSR count). The van der Waals surface area contributed by atoms with Crippen LogP contribution in [-0.2, 0) is 9.47 Å². The van der Waals surface area contributed by atoms with Crippen LogP contribution >= 0.6 is 0 Å². The summed E-state index contributed by atoms with van der Waals surface area (Å²) in [5.41, 5.74) is 4.60. The Morgan fingerprint density at radius 3 is 1.85 bits per heavy atom. The Kier molecular flexibility index (Phi) is 12.4. The van der Waals surface area contributed by atoms with E-state index >= 15 is 0 Å². The highest BCUT2D eigenvalue weighted by molar-refractivity contribution is 6.09. The fourth-order valence-corrected chi connectivity index (χ4v) is 4.27. The molecule has 238 valence electrons. The molecular weight excluding hydrogens is 580 g/mol. The summed E-state index contributed by atoms with van der Waals surface area (Å²) < 4.78 is 12.4. The van der Waals surface area contributed by atoms with Crippen molar-refractivity contribution in [3.8, 4) is 5.69 Å². The first-order valence-electron chi connectivity index (χ1n) is 15.4. The molecule has 1 aromatic heterocycles. The number of carbonyl (C=O) groups excluding carboxylic acids is 2. The first-order chi connectivity index (χ1) is 22.4. The lowest BCUT2D eigenvalue weighted by molar-refractivity contribution is 0.0490. The van der Waals surface area contributed by atoms with E-state index in [-0.39, 0.29) is 17.9 Å². The Hall–Kier alpha value is -5.51. The van der Waals surface area contributed by atoms with E-state index in [1.807, 2.05) is 57.2 Å². The van der Waals surface area contributed by atoms with E-state index in [0.717, 1.165) is 37.1 Å². The number of guanidine groups is 1. The van der Waals surface area contributed by atoms with Gasteiger partial charge in [0.2, 0.25) is 5.96 Å². The van der Waals surface area contributed by atoms with Crippen LogP contribution in [0.4, 0.5) is 11.4 Å². The Balaban J connectivity index is 1.55. The summed E-state index contributed by atoms with van der Waals surface area (Å²) >= 11 is 0. The maximum absolute atomic E-state index is 12.4. The van der Waals surface area contributed by atoms with Gasteiger partial charge in [0.25, 0.3) is 0 Å². The van der Waals surface area contributed by atoms with Gasteiger partial charge >= 0.3 is 11.9 Å². The second-order valence-corrected chi connectivity index (χ2v) is 10.4. The number of ether oxygens (including phenoxy) is 2. The van der Waals surface area contributed by atoms with Crippen LogP contribution < -0.4 is 10.6 Å². The topological polar surface area (TPSA) is 119 Å². The number of benzene rings is 3. The molecular formula is C36H40N6O4. The van der Waals surface area contributed by atoms with E-state index in [4.69, 9.17) is 14.5 Å². The zero-order chi connectivity index (χ0) is 32.7. The fraction of sp³-hybridized carbons (Fsp3) is 0.250. The highest BCUT2D eigenvalue weighted by atomic mass is 16.5. The molecule has 2 N–H and O–H groups in total. The largest absolute Gasteiger partial charge is 0.462 e. The molecule has 0 spiro atoms. The molecule has 10 heteroatoms. The van der Waals surface area contributed by atoms with Crippen LogP contribution in [0.5, 0.6) is 0 Å². The van der Waals surface area contributed by atoms with Crippen molar-refractivity contribution in [1.29, 1.82) is 0 Å². The van der Waals surface area contributed by atoms with Gasteiger partial charge in [-0.05, 0) is 86.5 Å². The van der Waals surface area contributed by atoms with Gasteiger partial charge < -0.3 is 20.1 Å². The summed E-state index contributed by atoms with van der Waals surface area (Å²) in [5, 5.41) is 10.9. The van der Waals surface area contributed by atoms with Crippen molar-refractivity contribution < 1.29 is 19.1 Å². The van der Waals surface area contributed by atoms with Crippen LogP contribution in [-0.4, -0.2) is 46.6 Å². The SMILES string of the molecule is C=C(/N=C(\N=C(/C)c1ccnn1-c1ccccc1)Nc1ccc(C(=O)OCCCC)cc1)Nc1ccc(C(=O)OCCCC)cc1. The Labute approximate surface area is 269 Å². The molecule has 0 amide bonds. The van der Waals surface area contributed by atoms with Gasteiger partial charge in [0.15, 0.2) is 0 Å². The minimum Gasteiger partial charge on any atom is -0.462 e. The number of rotatable bonds is 14. The first kappa shape index (κ1) is 33.4. The highest BCUT2D eigenvalue weighted by Gasteiger charge is 2.12. The average Bonchev–Trinajstić information content (AvgIpc) is 3.56. The lowest BCUT2D eigenvalue weighted by Gasteiger charge is -2.12. The van der Waals surface area contributed by atoms with Crippen LogP contribution in [0.25, 0.3) is 5.69 Å². The number of aromatic nitrogens is 2. The van der Waals surface area contributed by atoms with Gasteiger partial charge in [-0.2, -0.15) is 10.1 Å². The number of carbonyl (C=O) groups is 2. The minimum atomic E-state index is -0.366. The number of para-hydroxylation sites is 1. The maximum Gasteiger partial charge on any atom is 0.338 e. The summed E-state index contributed by atoms with van der Waals surface area (Å²) in [7, 11) is 0. The molecule has 0 aliphatic heterocycles. The average molecular weight is 621 g/mol. The zero-order valence-electron chi connectivity index (χ0n) is 26.5. The molecule has 0 saturated carbocycles. The molecule has 10 nitrogen and oxygen atoms in total. The van der Waals surface area contributed by atoms with Gasteiger partial charge in [0, 0.05) is 11.4 Å². The number of aliphatic imine (C=N–C) groups is 2. The lowest BCUT2D eigenvalue weighted by Crippen LogP contribution is -2.16. The second kappa shape index (κ2) is 17.1. The minimum absolute atomic E-state index is 0.255. The molecule has 3 aromatic carbocycles. The molecule has 0 saturated heterocycles. The third-order valence-electron chi connectivity index (χ3n) is 6.78. The number of nitrogens with one attached hydrogen (secondary N) is 2. The summed E-state index contributed by atoms with van der Waals surface area (Å²) in [6.45, 7) is 10.8. The number of nitrogens with zero attached hydrogens (tertiary/aromatic N) is 4. The van der Waals surface area contributed by atoms with Crippen molar-refractivity contribution in [1.82, 2.24) is 9.78 Å². The third kappa shape index (κ3) is 9.75. The monoisotopic (exact) mass is 620 g/mol. The van der Waals surface area contributed by atoms with Crippen molar-refractivity contribution in [2.75, 3.05) is 23.8 Å². The Morgan fingerprint density at radius 2 is 1.30 bits per heavy atom. The number of hydrogen-bond donors (Lipinski definition) is 2. The predicted molar refractivity (Wildman–Crippen MR) is 183 cm³/mol. The number of hydrogen-bond acceptors (Lipinski definition) is 7. The quantitative estimate of drug-likeness (QED) is 0.0643. The molecule has 0 fully saturated rings. The van der Waals surface area contributed by atoms with E-state index in [2.05, 4.69) is 27.3 Å². The van der Waals surface area contributed by atoms with Crippen molar-refractivity contribution in [3.63, 3.8) is 0 Å². The fourth-order valence-electron chi connectivity index (χ4n) is 4.27. The van der Waals surface area contributed by atoms with Gasteiger partial charge in [0.05, 0.1) is 47.6 Å². The Bertz CT molecular complexity index is 1660. The van der Waals surface area contributed by atoms with Gasteiger partial charge in [-0.25, -0.2) is 19.3 Å². The van der Waals surface area contributed by atoms with Crippen LogP contribution in [0.15, 0.2) is 114 Å². The molecule has 0 unspecified atom stereocenters. The molecule has 0 atom stereocenters. The van der Waals surface area contributed by atoms with E-state index in [1.165, 1.54) is 0 Å². The molecule has 0 radical (unpaired) electrons. The molecule has 1 heterocycles. The lowest BCUT2D eigenvalue weighted by atomic mass is 10.2. The maximum atomic E-state index is 12.4. The van der Waals surface area contributed by atoms with Gasteiger partial charge in [-0.1, -0.05) is 51.5 Å². The third-order valence-corrected chi connectivity index (χ3v) is 6.78. The number of anilines is 2. The van der Waals surface area contributed by atoms with Crippen LogP contribution in [0, 0.1) is 0 Å². The van der Waals surface area contributed by atoms with E-state index in [0.29, 0.717) is 47.2 Å². The molecule has 46 heavy (non-hydrogen) atoms. The molecule has 4 aromatic rings. The van der Waals surface area contributed by atoms with Crippen molar-refractivity contribution >= 4 is 35.0 Å². The van der Waals surface area contributed by atoms with Gasteiger partial charge in [-0.3, -0.25) is 0 Å².